The van der Waals surface area contributed by atoms with E-state index in [1.807, 2.05) is 48.5 Å². The number of rotatable bonds is 7. The number of carbonyl (C=O) groups is 1. The Morgan fingerprint density at radius 2 is 1.47 bits per heavy atom. The van der Waals surface area contributed by atoms with Crippen LogP contribution in [0.1, 0.15) is 40.3 Å². The van der Waals surface area contributed by atoms with Gasteiger partial charge in [-0.25, -0.2) is 8.42 Å². The first-order chi connectivity index (χ1) is 18.4. The molecule has 1 fully saturated rings. The Kier molecular flexibility index (Phi) is 6.07. The number of hydrogen-bond donors (Lipinski definition) is 1. The molecule has 1 heterocycles. The summed E-state index contributed by atoms with van der Waals surface area (Å²) in [6.07, 6.45) is 2.75. The quantitative estimate of drug-likeness (QED) is 0.360. The van der Waals surface area contributed by atoms with E-state index in [-0.39, 0.29) is 22.1 Å². The Bertz CT molecular complexity index is 1540. The van der Waals surface area contributed by atoms with Crippen molar-refractivity contribution < 1.29 is 17.9 Å². The molecule has 0 radical (unpaired) electrons. The molecule has 1 aliphatic carbocycles. The van der Waals surface area contributed by atoms with Gasteiger partial charge in [-0.1, -0.05) is 78.9 Å². The molecule has 1 amide bonds. The van der Waals surface area contributed by atoms with Crippen molar-refractivity contribution >= 4 is 15.7 Å². The molecule has 2 aliphatic rings. The van der Waals surface area contributed by atoms with Crippen molar-refractivity contribution in [3.63, 3.8) is 0 Å². The number of sulfone groups is 1. The SMILES string of the molecule is CS(=O)(=O)c1ccc(C(NC(=O)C2CC2(c2ccccc2)c2ccccc2)c2ccc3c(c2)CCO3)cc1. The monoisotopic (exact) mass is 523 g/mol. The summed E-state index contributed by atoms with van der Waals surface area (Å²) < 4.78 is 29.8. The fourth-order valence-corrected chi connectivity index (χ4v) is 6.38. The summed E-state index contributed by atoms with van der Waals surface area (Å²) in [6.45, 7) is 0.650. The van der Waals surface area contributed by atoms with E-state index < -0.39 is 15.9 Å². The van der Waals surface area contributed by atoms with Gasteiger partial charge < -0.3 is 10.1 Å². The molecule has 0 spiro atoms. The van der Waals surface area contributed by atoms with Gasteiger partial charge in [0.15, 0.2) is 9.84 Å². The Labute approximate surface area is 223 Å². The van der Waals surface area contributed by atoms with Crippen LogP contribution in [0.3, 0.4) is 0 Å². The molecular weight excluding hydrogens is 494 g/mol. The van der Waals surface area contributed by atoms with Crippen molar-refractivity contribution in [2.24, 2.45) is 5.92 Å². The first kappa shape index (κ1) is 24.4. The van der Waals surface area contributed by atoms with Gasteiger partial charge in [0.25, 0.3) is 0 Å². The normalized spacial score (nSPS) is 18.2. The highest BCUT2D eigenvalue weighted by atomic mass is 32.2. The Hall–Kier alpha value is -3.90. The number of ether oxygens (including phenoxy) is 1. The number of fused-ring (bicyclic) bond motifs is 1. The van der Waals surface area contributed by atoms with Crippen molar-refractivity contribution in [1.82, 2.24) is 5.32 Å². The van der Waals surface area contributed by atoms with E-state index in [0.717, 1.165) is 46.4 Å². The van der Waals surface area contributed by atoms with Gasteiger partial charge in [-0.05, 0) is 58.5 Å². The third-order valence-corrected chi connectivity index (χ3v) is 8.96. The van der Waals surface area contributed by atoms with E-state index in [9.17, 15) is 13.2 Å². The molecule has 1 saturated carbocycles. The summed E-state index contributed by atoms with van der Waals surface area (Å²) in [7, 11) is -3.32. The van der Waals surface area contributed by atoms with Crippen LogP contribution in [0.15, 0.2) is 108 Å². The average Bonchev–Trinajstić information content (AvgIpc) is 3.54. The smallest absolute Gasteiger partial charge is 0.225 e. The average molecular weight is 524 g/mol. The second-order valence-electron chi connectivity index (χ2n) is 10.2. The maximum atomic E-state index is 14.0. The van der Waals surface area contributed by atoms with E-state index in [1.165, 1.54) is 6.26 Å². The lowest BCUT2D eigenvalue weighted by Gasteiger charge is -2.23. The number of amides is 1. The highest BCUT2D eigenvalue weighted by Gasteiger charge is 2.60. The molecule has 38 heavy (non-hydrogen) atoms. The van der Waals surface area contributed by atoms with E-state index in [2.05, 4.69) is 35.6 Å². The van der Waals surface area contributed by atoms with Crippen molar-refractivity contribution in [2.45, 2.75) is 29.2 Å². The van der Waals surface area contributed by atoms with E-state index >= 15 is 0 Å². The zero-order chi connectivity index (χ0) is 26.3. The van der Waals surface area contributed by atoms with Gasteiger partial charge in [0.1, 0.15) is 5.75 Å². The summed E-state index contributed by atoms with van der Waals surface area (Å²) in [6, 6.07) is 32.9. The highest BCUT2D eigenvalue weighted by Crippen LogP contribution is 2.59. The van der Waals surface area contributed by atoms with Crippen LogP contribution in [0, 0.1) is 5.92 Å². The molecule has 6 heteroatoms. The summed E-state index contributed by atoms with van der Waals surface area (Å²) in [5, 5.41) is 3.33. The van der Waals surface area contributed by atoms with Crippen molar-refractivity contribution in [2.75, 3.05) is 12.9 Å². The molecule has 2 atom stereocenters. The zero-order valence-electron chi connectivity index (χ0n) is 21.1. The largest absolute Gasteiger partial charge is 0.493 e. The lowest BCUT2D eigenvalue weighted by atomic mass is 9.85. The molecule has 1 aliphatic heterocycles. The van der Waals surface area contributed by atoms with E-state index in [0.29, 0.717) is 6.61 Å². The maximum Gasteiger partial charge on any atom is 0.225 e. The van der Waals surface area contributed by atoms with Crippen LogP contribution in [0.25, 0.3) is 0 Å². The molecule has 192 valence electrons. The first-order valence-electron chi connectivity index (χ1n) is 12.8. The third kappa shape index (κ3) is 4.39. The number of hydrogen-bond acceptors (Lipinski definition) is 4. The summed E-state index contributed by atoms with van der Waals surface area (Å²) in [4.78, 5) is 14.2. The fourth-order valence-electron chi connectivity index (χ4n) is 5.75. The van der Waals surface area contributed by atoms with Gasteiger partial charge in [-0.3, -0.25) is 4.79 Å². The predicted molar refractivity (Wildman–Crippen MR) is 147 cm³/mol. The van der Waals surface area contributed by atoms with Crippen LogP contribution >= 0.6 is 0 Å². The molecule has 1 N–H and O–H groups in total. The Morgan fingerprint density at radius 3 is 2.08 bits per heavy atom. The molecule has 0 bridgehead atoms. The minimum absolute atomic E-state index is 0.0216. The fraction of sp³-hybridized carbons (Fsp3) is 0.219. The summed E-state index contributed by atoms with van der Waals surface area (Å²) in [5.74, 6) is 0.634. The first-order valence-corrected chi connectivity index (χ1v) is 14.7. The van der Waals surface area contributed by atoms with Crippen molar-refractivity contribution in [3.05, 3.63) is 131 Å². The number of nitrogens with one attached hydrogen (secondary N) is 1. The summed E-state index contributed by atoms with van der Waals surface area (Å²) in [5.41, 5.74) is 4.79. The Balaban J connectivity index is 1.36. The van der Waals surface area contributed by atoms with E-state index in [1.54, 1.807) is 24.3 Å². The Morgan fingerprint density at radius 1 is 0.868 bits per heavy atom. The second kappa shape index (κ2) is 9.44. The topological polar surface area (TPSA) is 72.5 Å². The lowest BCUT2D eigenvalue weighted by Crippen LogP contribution is -2.33. The molecule has 4 aromatic rings. The minimum Gasteiger partial charge on any atom is -0.493 e. The van der Waals surface area contributed by atoms with Crippen molar-refractivity contribution in [1.29, 1.82) is 0 Å². The predicted octanol–water partition coefficient (Wildman–Crippen LogP) is 5.24. The highest BCUT2D eigenvalue weighted by molar-refractivity contribution is 7.90. The second-order valence-corrected chi connectivity index (χ2v) is 12.2. The van der Waals surface area contributed by atoms with Gasteiger partial charge >= 0.3 is 0 Å². The van der Waals surface area contributed by atoms with Crippen molar-refractivity contribution in [3.8, 4) is 5.75 Å². The van der Waals surface area contributed by atoms with Gasteiger partial charge in [-0.2, -0.15) is 0 Å². The summed E-state index contributed by atoms with van der Waals surface area (Å²) >= 11 is 0. The molecule has 0 saturated heterocycles. The van der Waals surface area contributed by atoms with Crippen LogP contribution < -0.4 is 10.1 Å². The van der Waals surface area contributed by atoms with Gasteiger partial charge in [-0.15, -0.1) is 0 Å². The third-order valence-electron chi connectivity index (χ3n) is 7.83. The van der Waals surface area contributed by atoms with Gasteiger partial charge in [0.05, 0.1) is 23.5 Å². The van der Waals surface area contributed by atoms with Crippen LogP contribution in [-0.4, -0.2) is 27.2 Å². The molecule has 4 aromatic carbocycles. The van der Waals surface area contributed by atoms with Crippen LogP contribution in [0.5, 0.6) is 5.75 Å². The number of benzene rings is 4. The van der Waals surface area contributed by atoms with Gasteiger partial charge in [0.2, 0.25) is 5.91 Å². The molecule has 6 rings (SSSR count). The van der Waals surface area contributed by atoms with Crippen LogP contribution in [0.4, 0.5) is 0 Å². The van der Waals surface area contributed by atoms with Gasteiger partial charge in [0, 0.05) is 18.1 Å². The van der Waals surface area contributed by atoms with Crippen LogP contribution in [0.2, 0.25) is 0 Å². The standard InChI is InChI=1S/C32H29NO4S/c1-38(35,36)27-15-12-22(13-16-27)30(24-14-17-29-23(20-24)18-19-37-29)33-31(34)28-21-32(28,25-8-4-2-5-9-25)26-10-6-3-7-11-26/h2-17,20,28,30H,18-19,21H2,1H3,(H,33,34). The molecule has 5 nitrogen and oxygen atoms in total. The number of carbonyl (C=O) groups excluding carboxylic acids is 1. The zero-order valence-corrected chi connectivity index (χ0v) is 21.9. The molecule has 0 aromatic heterocycles. The minimum atomic E-state index is -3.32. The molecule has 2 unspecified atom stereocenters. The molecular formula is C32H29NO4S. The van der Waals surface area contributed by atoms with Crippen LogP contribution in [-0.2, 0) is 26.5 Å². The lowest BCUT2D eigenvalue weighted by molar-refractivity contribution is -0.123. The maximum absolute atomic E-state index is 14.0. The van der Waals surface area contributed by atoms with E-state index in [4.69, 9.17) is 4.74 Å².